The molecule has 0 saturated carbocycles. The molecule has 0 radical (unpaired) electrons. The molecule has 2 aromatic heterocycles. The number of benzene rings is 4. The van der Waals surface area contributed by atoms with Crippen molar-refractivity contribution in [1.29, 1.82) is 0 Å². The van der Waals surface area contributed by atoms with E-state index in [4.69, 9.17) is 9.40 Å². The Labute approximate surface area is 199 Å². The van der Waals surface area contributed by atoms with E-state index >= 15 is 0 Å². The van der Waals surface area contributed by atoms with E-state index in [1.54, 1.807) is 0 Å². The van der Waals surface area contributed by atoms with Crippen molar-refractivity contribution in [2.75, 3.05) is 0 Å². The third-order valence-electron chi connectivity index (χ3n) is 6.93. The zero-order valence-electron chi connectivity index (χ0n) is 20.0. The summed E-state index contributed by atoms with van der Waals surface area (Å²) in [5.41, 5.74) is 9.14. The number of rotatable bonds is 2. The second kappa shape index (κ2) is 7.56. The highest BCUT2D eigenvalue weighted by atomic mass is 16.3. The van der Waals surface area contributed by atoms with Crippen molar-refractivity contribution in [2.45, 2.75) is 33.1 Å². The van der Waals surface area contributed by atoms with E-state index in [0.29, 0.717) is 0 Å². The van der Waals surface area contributed by atoms with Crippen LogP contribution in [-0.2, 0) is 5.41 Å². The molecule has 34 heavy (non-hydrogen) atoms. The Kier molecular flexibility index (Phi) is 4.60. The van der Waals surface area contributed by atoms with Crippen LogP contribution in [0.3, 0.4) is 0 Å². The lowest BCUT2D eigenvalue weighted by molar-refractivity contribution is 0.589. The van der Waals surface area contributed by atoms with Crippen molar-refractivity contribution in [1.82, 2.24) is 4.98 Å². The molecule has 0 aliphatic heterocycles. The first-order chi connectivity index (χ1) is 16.4. The molecule has 166 valence electrons. The molecular formula is C32H27NO. The number of nitrogens with zero attached hydrogens (tertiary/aromatic N) is 1. The van der Waals surface area contributed by atoms with Crippen molar-refractivity contribution in [3.63, 3.8) is 0 Å². The minimum absolute atomic E-state index is 0.0809. The number of para-hydroxylation sites is 1. The summed E-state index contributed by atoms with van der Waals surface area (Å²) in [7, 11) is 0. The predicted molar refractivity (Wildman–Crippen MR) is 143 cm³/mol. The molecule has 0 saturated heterocycles. The van der Waals surface area contributed by atoms with Gasteiger partial charge < -0.3 is 4.42 Å². The van der Waals surface area contributed by atoms with Gasteiger partial charge in [0, 0.05) is 22.5 Å². The fraction of sp³-hybridized carbons (Fsp3) is 0.156. The lowest BCUT2D eigenvalue weighted by Gasteiger charge is -2.20. The lowest BCUT2D eigenvalue weighted by Crippen LogP contribution is -2.11. The van der Waals surface area contributed by atoms with Gasteiger partial charge >= 0.3 is 0 Å². The summed E-state index contributed by atoms with van der Waals surface area (Å²) in [4.78, 5) is 4.74. The average Bonchev–Trinajstić information content (AvgIpc) is 3.23. The summed E-state index contributed by atoms with van der Waals surface area (Å²) in [5, 5.41) is 4.80. The van der Waals surface area contributed by atoms with Crippen LogP contribution in [-0.4, -0.2) is 4.98 Å². The van der Waals surface area contributed by atoms with Gasteiger partial charge in [-0.1, -0.05) is 81.4 Å². The highest BCUT2D eigenvalue weighted by Crippen LogP contribution is 2.40. The Morgan fingerprint density at radius 2 is 1.38 bits per heavy atom. The molecule has 0 atom stereocenters. The standard InChI is InChI=1S/C32H27NO/c1-20-22(10-7-11-23(20)28-19-21(17-18-33-28)32(2,3)4)24-12-8-13-26-25(24)15-16-30-31(26)27-9-5-6-14-29(27)34-30/h5-19H,1-4H3. The number of pyridine rings is 1. The normalized spacial score (nSPS) is 12.1. The molecule has 6 rings (SSSR count). The summed E-state index contributed by atoms with van der Waals surface area (Å²) < 4.78 is 6.14. The Bertz CT molecular complexity index is 1700. The number of hydrogen-bond donors (Lipinski definition) is 0. The quantitative estimate of drug-likeness (QED) is 0.268. The second-order valence-electron chi connectivity index (χ2n) is 10.1. The molecule has 0 spiro atoms. The molecule has 0 amide bonds. The van der Waals surface area contributed by atoms with Crippen LogP contribution in [0.1, 0.15) is 31.9 Å². The molecule has 2 nitrogen and oxygen atoms in total. The maximum atomic E-state index is 6.14. The smallest absolute Gasteiger partial charge is 0.136 e. The molecule has 0 N–H and O–H groups in total. The molecule has 0 unspecified atom stereocenters. The van der Waals surface area contributed by atoms with Gasteiger partial charge in [0.1, 0.15) is 11.2 Å². The molecular weight excluding hydrogens is 414 g/mol. The first-order valence-electron chi connectivity index (χ1n) is 11.8. The van der Waals surface area contributed by atoms with Crippen LogP contribution in [0, 0.1) is 6.92 Å². The van der Waals surface area contributed by atoms with Crippen molar-refractivity contribution in [2.24, 2.45) is 0 Å². The van der Waals surface area contributed by atoms with Crippen molar-refractivity contribution < 1.29 is 4.42 Å². The largest absolute Gasteiger partial charge is 0.456 e. The molecule has 0 bridgehead atoms. The topological polar surface area (TPSA) is 26.0 Å². The molecule has 0 fully saturated rings. The third-order valence-corrected chi connectivity index (χ3v) is 6.93. The van der Waals surface area contributed by atoms with Gasteiger partial charge in [0.05, 0.1) is 5.69 Å². The van der Waals surface area contributed by atoms with Gasteiger partial charge in [-0.3, -0.25) is 4.98 Å². The zero-order valence-corrected chi connectivity index (χ0v) is 20.0. The van der Waals surface area contributed by atoms with Gasteiger partial charge in [-0.25, -0.2) is 0 Å². The van der Waals surface area contributed by atoms with Gasteiger partial charge in [-0.05, 0) is 69.6 Å². The molecule has 0 aliphatic rings. The highest BCUT2D eigenvalue weighted by molar-refractivity contribution is 6.21. The van der Waals surface area contributed by atoms with Gasteiger partial charge in [0.2, 0.25) is 0 Å². The predicted octanol–water partition coefficient (Wildman–Crippen LogP) is 9.07. The average molecular weight is 442 g/mol. The van der Waals surface area contributed by atoms with E-state index in [-0.39, 0.29) is 5.41 Å². The SMILES string of the molecule is Cc1c(-c2cc(C(C)(C)C)ccn2)cccc1-c1cccc2c1ccc1oc3ccccc3c12. The van der Waals surface area contributed by atoms with E-state index in [2.05, 4.69) is 100 Å². The van der Waals surface area contributed by atoms with Crippen LogP contribution in [0.5, 0.6) is 0 Å². The first kappa shape index (κ1) is 20.7. The van der Waals surface area contributed by atoms with Crippen LogP contribution in [0.4, 0.5) is 0 Å². The maximum Gasteiger partial charge on any atom is 0.136 e. The van der Waals surface area contributed by atoms with E-state index in [9.17, 15) is 0 Å². The molecule has 6 aromatic rings. The van der Waals surface area contributed by atoms with Gasteiger partial charge in [-0.15, -0.1) is 0 Å². The van der Waals surface area contributed by atoms with Crippen LogP contribution >= 0.6 is 0 Å². The first-order valence-corrected chi connectivity index (χ1v) is 11.8. The number of furan rings is 1. The van der Waals surface area contributed by atoms with Crippen molar-refractivity contribution >= 4 is 32.7 Å². The minimum atomic E-state index is 0.0809. The summed E-state index contributed by atoms with van der Waals surface area (Å²) in [6.07, 6.45) is 1.93. The Morgan fingerprint density at radius 3 is 2.24 bits per heavy atom. The summed E-state index contributed by atoms with van der Waals surface area (Å²) in [5.74, 6) is 0. The Balaban J connectivity index is 1.58. The summed E-state index contributed by atoms with van der Waals surface area (Å²) in [6, 6.07) is 30.1. The van der Waals surface area contributed by atoms with Crippen LogP contribution in [0.15, 0.2) is 95.5 Å². The van der Waals surface area contributed by atoms with Gasteiger partial charge in [0.15, 0.2) is 0 Å². The maximum absolute atomic E-state index is 6.14. The van der Waals surface area contributed by atoms with E-state index in [1.807, 2.05) is 18.3 Å². The van der Waals surface area contributed by atoms with Gasteiger partial charge in [0.25, 0.3) is 0 Å². The molecule has 4 aromatic carbocycles. The number of aromatic nitrogens is 1. The number of fused-ring (bicyclic) bond motifs is 5. The van der Waals surface area contributed by atoms with Crippen molar-refractivity contribution in [3.05, 3.63) is 102 Å². The van der Waals surface area contributed by atoms with Crippen LogP contribution in [0.25, 0.3) is 55.1 Å². The summed E-state index contributed by atoms with van der Waals surface area (Å²) in [6.45, 7) is 8.93. The van der Waals surface area contributed by atoms with E-state index < -0.39 is 0 Å². The highest BCUT2D eigenvalue weighted by Gasteiger charge is 2.17. The molecule has 2 heteroatoms. The molecule has 0 aliphatic carbocycles. The molecule has 2 heterocycles. The van der Waals surface area contributed by atoms with Crippen LogP contribution < -0.4 is 0 Å². The minimum Gasteiger partial charge on any atom is -0.456 e. The lowest BCUT2D eigenvalue weighted by atomic mass is 9.86. The summed E-state index contributed by atoms with van der Waals surface area (Å²) >= 11 is 0. The van der Waals surface area contributed by atoms with Crippen molar-refractivity contribution in [3.8, 4) is 22.4 Å². The fourth-order valence-electron chi connectivity index (χ4n) is 5.07. The fourth-order valence-corrected chi connectivity index (χ4v) is 5.07. The van der Waals surface area contributed by atoms with E-state index in [1.165, 1.54) is 44.0 Å². The Hall–Kier alpha value is -3.91. The second-order valence-corrected chi connectivity index (χ2v) is 10.1. The third kappa shape index (κ3) is 3.21. The van der Waals surface area contributed by atoms with Gasteiger partial charge in [-0.2, -0.15) is 0 Å². The Morgan fingerprint density at radius 1 is 0.647 bits per heavy atom. The monoisotopic (exact) mass is 441 g/mol. The number of hydrogen-bond acceptors (Lipinski definition) is 2. The van der Waals surface area contributed by atoms with E-state index in [0.717, 1.165) is 22.2 Å². The zero-order chi connectivity index (χ0) is 23.4. The van der Waals surface area contributed by atoms with Crippen LogP contribution in [0.2, 0.25) is 0 Å².